The molecule has 0 fully saturated rings. The second-order valence-electron chi connectivity index (χ2n) is 5.96. The van der Waals surface area contributed by atoms with Crippen LogP contribution in [0, 0.1) is 0 Å². The topological polar surface area (TPSA) is 99.4 Å². The van der Waals surface area contributed by atoms with Crippen molar-refractivity contribution in [2.24, 2.45) is 0 Å². The minimum Gasteiger partial charge on any atom is -0.508 e. The van der Waals surface area contributed by atoms with E-state index in [2.05, 4.69) is 15.0 Å². The molecule has 0 amide bonds. The first kappa shape index (κ1) is 16.5. The molecule has 0 unspecified atom stereocenters. The van der Waals surface area contributed by atoms with Gasteiger partial charge in [-0.3, -0.25) is 0 Å². The molecule has 3 aromatic carbocycles. The number of hydrogen-bond donors (Lipinski definition) is 3. The van der Waals surface area contributed by atoms with Crippen molar-refractivity contribution in [3.63, 3.8) is 0 Å². The molecule has 3 N–H and O–H groups in total. The Morgan fingerprint density at radius 3 is 1.00 bits per heavy atom. The minimum atomic E-state index is 0.103. The zero-order valence-corrected chi connectivity index (χ0v) is 14.1. The van der Waals surface area contributed by atoms with Crippen molar-refractivity contribution in [3.05, 3.63) is 72.8 Å². The smallest absolute Gasteiger partial charge is 0.164 e. The van der Waals surface area contributed by atoms with Crippen LogP contribution in [0.3, 0.4) is 0 Å². The molecule has 132 valence electrons. The average molecular weight is 357 g/mol. The maximum absolute atomic E-state index is 9.78. The van der Waals surface area contributed by atoms with Gasteiger partial charge in [0.05, 0.1) is 0 Å². The van der Waals surface area contributed by atoms with Crippen molar-refractivity contribution in [1.29, 1.82) is 0 Å². The van der Waals surface area contributed by atoms with Crippen LogP contribution in [0.1, 0.15) is 0 Å². The Morgan fingerprint density at radius 2 is 0.741 bits per heavy atom. The van der Waals surface area contributed by atoms with Crippen LogP contribution in [-0.4, -0.2) is 30.3 Å². The van der Waals surface area contributed by atoms with E-state index in [0.717, 1.165) is 0 Å². The van der Waals surface area contributed by atoms with E-state index in [1.165, 1.54) is 0 Å². The van der Waals surface area contributed by atoms with Crippen LogP contribution >= 0.6 is 0 Å². The number of aromatic nitrogens is 3. The third-order valence-corrected chi connectivity index (χ3v) is 3.95. The normalized spacial score (nSPS) is 10.7. The first-order valence-electron chi connectivity index (χ1n) is 8.23. The van der Waals surface area contributed by atoms with Crippen LogP contribution in [0.5, 0.6) is 17.2 Å². The van der Waals surface area contributed by atoms with Gasteiger partial charge < -0.3 is 15.3 Å². The van der Waals surface area contributed by atoms with Gasteiger partial charge in [0.15, 0.2) is 17.5 Å². The van der Waals surface area contributed by atoms with E-state index in [4.69, 9.17) is 0 Å². The molecular weight excluding hydrogens is 342 g/mol. The molecule has 6 heteroatoms. The van der Waals surface area contributed by atoms with E-state index < -0.39 is 0 Å². The average Bonchev–Trinajstić information content (AvgIpc) is 2.68. The Hall–Kier alpha value is -3.93. The molecule has 27 heavy (non-hydrogen) atoms. The van der Waals surface area contributed by atoms with Crippen LogP contribution in [0.2, 0.25) is 0 Å². The predicted molar refractivity (Wildman–Crippen MR) is 101 cm³/mol. The number of rotatable bonds is 3. The maximum atomic E-state index is 9.78. The summed E-state index contributed by atoms with van der Waals surface area (Å²) in [6.45, 7) is 0. The molecule has 0 spiro atoms. The van der Waals surface area contributed by atoms with Gasteiger partial charge in [0.1, 0.15) is 17.2 Å². The first-order valence-corrected chi connectivity index (χ1v) is 8.23. The number of hydrogen-bond acceptors (Lipinski definition) is 6. The second kappa shape index (κ2) is 6.76. The highest BCUT2D eigenvalue weighted by atomic mass is 16.3. The van der Waals surface area contributed by atoms with E-state index in [0.29, 0.717) is 34.2 Å². The molecule has 0 radical (unpaired) electrons. The molecule has 0 saturated heterocycles. The summed E-state index contributed by atoms with van der Waals surface area (Å²) in [5, 5.41) is 29.3. The molecule has 1 heterocycles. The largest absolute Gasteiger partial charge is 0.508 e. The van der Waals surface area contributed by atoms with Gasteiger partial charge in [-0.25, -0.2) is 15.0 Å². The van der Waals surface area contributed by atoms with E-state index in [1.54, 1.807) is 72.8 Å². The van der Waals surface area contributed by atoms with Crippen molar-refractivity contribution < 1.29 is 15.3 Å². The lowest BCUT2D eigenvalue weighted by molar-refractivity contribution is 0.475. The van der Waals surface area contributed by atoms with Crippen molar-refractivity contribution in [2.75, 3.05) is 0 Å². The molecule has 1 aromatic heterocycles. The van der Waals surface area contributed by atoms with Crippen molar-refractivity contribution in [1.82, 2.24) is 15.0 Å². The Kier molecular flexibility index (Phi) is 4.14. The fourth-order valence-corrected chi connectivity index (χ4v) is 2.70. The van der Waals surface area contributed by atoms with Crippen LogP contribution in [-0.2, 0) is 0 Å². The summed E-state index contributed by atoms with van der Waals surface area (Å²) in [7, 11) is 0. The van der Waals surface area contributed by atoms with Gasteiger partial charge in [-0.05, 0) is 36.4 Å². The molecule has 0 saturated carbocycles. The standard InChI is InChI=1S/C21H15N3O3/c25-16-7-1-4-13(10-16)19-22-20(14-5-2-8-17(26)11-14)24-21(23-19)15-6-3-9-18(27)12-15/h1-12,25-27H. The number of benzene rings is 3. The van der Waals surface area contributed by atoms with Gasteiger partial charge in [-0.2, -0.15) is 0 Å². The van der Waals surface area contributed by atoms with Crippen LogP contribution < -0.4 is 0 Å². The Labute approximate surface area is 155 Å². The molecule has 0 atom stereocenters. The first-order chi connectivity index (χ1) is 13.1. The third kappa shape index (κ3) is 3.55. The monoisotopic (exact) mass is 357 g/mol. The lowest BCUT2D eigenvalue weighted by atomic mass is 10.1. The number of aromatic hydroxyl groups is 3. The minimum absolute atomic E-state index is 0.103. The molecule has 4 rings (SSSR count). The summed E-state index contributed by atoms with van der Waals surface area (Å²) in [5.74, 6) is 1.43. The zero-order valence-electron chi connectivity index (χ0n) is 14.1. The van der Waals surface area contributed by atoms with E-state index in [-0.39, 0.29) is 17.2 Å². The molecule has 0 aliphatic carbocycles. The van der Waals surface area contributed by atoms with Crippen LogP contribution in [0.25, 0.3) is 34.2 Å². The third-order valence-electron chi connectivity index (χ3n) is 3.95. The summed E-state index contributed by atoms with van der Waals surface area (Å²) in [6.07, 6.45) is 0. The fourth-order valence-electron chi connectivity index (χ4n) is 2.70. The van der Waals surface area contributed by atoms with Crippen LogP contribution in [0.4, 0.5) is 0 Å². The SMILES string of the molecule is Oc1cccc(-c2nc(-c3cccc(O)c3)nc(-c3cccc(O)c3)n2)c1. The van der Waals surface area contributed by atoms with Gasteiger partial charge >= 0.3 is 0 Å². The van der Waals surface area contributed by atoms with Crippen molar-refractivity contribution in [2.45, 2.75) is 0 Å². The van der Waals surface area contributed by atoms with Gasteiger partial charge in [0.25, 0.3) is 0 Å². The summed E-state index contributed by atoms with van der Waals surface area (Å²) >= 11 is 0. The molecule has 0 bridgehead atoms. The lowest BCUT2D eigenvalue weighted by Gasteiger charge is -2.09. The van der Waals surface area contributed by atoms with Crippen molar-refractivity contribution in [3.8, 4) is 51.4 Å². The van der Waals surface area contributed by atoms with Crippen LogP contribution in [0.15, 0.2) is 72.8 Å². The molecular formula is C21H15N3O3. The highest BCUT2D eigenvalue weighted by molar-refractivity contribution is 5.68. The highest BCUT2D eigenvalue weighted by Gasteiger charge is 2.13. The Morgan fingerprint density at radius 1 is 0.444 bits per heavy atom. The molecule has 4 aromatic rings. The van der Waals surface area contributed by atoms with E-state index >= 15 is 0 Å². The van der Waals surface area contributed by atoms with Gasteiger partial charge in [0, 0.05) is 16.7 Å². The van der Waals surface area contributed by atoms with Gasteiger partial charge in [-0.15, -0.1) is 0 Å². The molecule has 0 aliphatic rings. The molecule has 6 nitrogen and oxygen atoms in total. The summed E-state index contributed by atoms with van der Waals surface area (Å²) in [4.78, 5) is 13.5. The number of nitrogens with zero attached hydrogens (tertiary/aromatic N) is 3. The Balaban J connectivity index is 1.94. The second-order valence-corrected chi connectivity index (χ2v) is 5.96. The zero-order chi connectivity index (χ0) is 18.8. The maximum Gasteiger partial charge on any atom is 0.164 e. The number of phenolic OH excluding ortho intramolecular Hbond substituents is 3. The predicted octanol–water partition coefficient (Wildman–Crippen LogP) is 3.99. The fraction of sp³-hybridized carbons (Fsp3) is 0. The Bertz CT molecular complexity index is 975. The summed E-state index contributed by atoms with van der Waals surface area (Å²) in [6, 6.07) is 19.9. The number of phenols is 3. The summed E-state index contributed by atoms with van der Waals surface area (Å²) in [5.41, 5.74) is 1.88. The quantitative estimate of drug-likeness (QED) is 0.513. The van der Waals surface area contributed by atoms with Gasteiger partial charge in [0.2, 0.25) is 0 Å². The molecule has 0 aliphatic heterocycles. The lowest BCUT2D eigenvalue weighted by Crippen LogP contribution is -2.00. The summed E-state index contributed by atoms with van der Waals surface area (Å²) < 4.78 is 0. The van der Waals surface area contributed by atoms with Gasteiger partial charge in [-0.1, -0.05) is 36.4 Å². The van der Waals surface area contributed by atoms with E-state index in [9.17, 15) is 15.3 Å². The highest BCUT2D eigenvalue weighted by Crippen LogP contribution is 2.28. The van der Waals surface area contributed by atoms with Crippen molar-refractivity contribution >= 4 is 0 Å². The van der Waals surface area contributed by atoms with E-state index in [1.807, 2.05) is 0 Å².